The Morgan fingerprint density at radius 1 is 1.13 bits per heavy atom. The molecular weight excluding hydrogens is 202 g/mol. The van der Waals surface area contributed by atoms with Crippen molar-refractivity contribution in [2.24, 2.45) is 0 Å². The molecule has 0 atom stereocenters. The van der Waals surface area contributed by atoms with Crippen LogP contribution in [-0.2, 0) is 0 Å². The monoisotopic (exact) mass is 217 g/mol. The van der Waals surface area contributed by atoms with Crippen molar-refractivity contribution in [3.63, 3.8) is 0 Å². The van der Waals surface area contributed by atoms with Crippen LogP contribution in [0.2, 0.25) is 0 Å². The zero-order valence-corrected chi connectivity index (χ0v) is 10.1. The van der Waals surface area contributed by atoms with Gasteiger partial charge in [-0.3, -0.25) is 0 Å². The molecule has 0 bridgehead atoms. The number of benzene rings is 1. The van der Waals surface area contributed by atoms with Crippen molar-refractivity contribution < 1.29 is 0 Å². The number of hydrogen-bond acceptors (Lipinski definition) is 2. The van der Waals surface area contributed by atoms with E-state index in [4.69, 9.17) is 5.73 Å². The van der Waals surface area contributed by atoms with E-state index in [1.54, 1.807) is 0 Å². The average molecular weight is 217 g/mol. The Morgan fingerprint density at radius 2 is 1.87 bits per heavy atom. The number of nitrogen functional groups attached to an aromatic ring is 1. The highest BCUT2D eigenvalue weighted by Crippen LogP contribution is 2.35. The molecule has 15 heavy (non-hydrogen) atoms. The molecule has 0 unspecified atom stereocenters. The summed E-state index contributed by atoms with van der Waals surface area (Å²) in [6.45, 7) is 6.38. The van der Waals surface area contributed by atoms with Crippen LogP contribution < -0.4 is 5.73 Å². The van der Waals surface area contributed by atoms with Crippen LogP contribution in [0.25, 0.3) is 10.4 Å². The lowest BCUT2D eigenvalue weighted by atomic mass is 10.0. The fourth-order valence-electron chi connectivity index (χ4n) is 1.81. The van der Waals surface area contributed by atoms with Gasteiger partial charge in [0.25, 0.3) is 0 Å². The Hall–Kier alpha value is -1.28. The highest BCUT2D eigenvalue weighted by atomic mass is 32.1. The van der Waals surface area contributed by atoms with Crippen molar-refractivity contribution in [1.82, 2.24) is 0 Å². The van der Waals surface area contributed by atoms with Crippen LogP contribution in [0.15, 0.2) is 24.3 Å². The predicted molar refractivity (Wildman–Crippen MR) is 68.4 cm³/mol. The second-order valence-corrected chi connectivity index (χ2v) is 5.15. The lowest BCUT2D eigenvalue weighted by Crippen LogP contribution is -1.91. The van der Waals surface area contributed by atoms with Crippen molar-refractivity contribution >= 4 is 17.0 Å². The van der Waals surface area contributed by atoms with Gasteiger partial charge in [0.1, 0.15) is 0 Å². The molecule has 0 aliphatic heterocycles. The number of thiophene rings is 1. The van der Waals surface area contributed by atoms with E-state index in [2.05, 4.69) is 32.9 Å². The van der Waals surface area contributed by atoms with Crippen molar-refractivity contribution in [2.75, 3.05) is 5.73 Å². The van der Waals surface area contributed by atoms with Crippen molar-refractivity contribution in [3.05, 3.63) is 40.3 Å². The Balaban J connectivity index is 2.64. The summed E-state index contributed by atoms with van der Waals surface area (Å²) < 4.78 is 0. The van der Waals surface area contributed by atoms with Gasteiger partial charge in [0.2, 0.25) is 0 Å². The van der Waals surface area contributed by atoms with Crippen molar-refractivity contribution in [3.8, 4) is 10.4 Å². The maximum Gasteiger partial charge on any atom is 0.0378 e. The number of nitrogens with two attached hydrogens (primary N) is 1. The lowest BCUT2D eigenvalue weighted by Gasteiger charge is -2.07. The molecule has 2 heteroatoms. The lowest BCUT2D eigenvalue weighted by molar-refractivity contribution is 1.44. The van der Waals surface area contributed by atoms with Gasteiger partial charge in [0.15, 0.2) is 0 Å². The van der Waals surface area contributed by atoms with E-state index in [9.17, 15) is 0 Å². The summed E-state index contributed by atoms with van der Waals surface area (Å²) in [5.41, 5.74) is 10.6. The molecule has 78 valence electrons. The highest BCUT2D eigenvalue weighted by molar-refractivity contribution is 7.15. The van der Waals surface area contributed by atoms with E-state index in [-0.39, 0.29) is 0 Å². The number of hydrogen-bond donors (Lipinski definition) is 1. The molecule has 0 saturated carbocycles. The average Bonchev–Trinajstić information content (AvgIpc) is 2.50. The first-order chi connectivity index (χ1) is 7.09. The van der Waals surface area contributed by atoms with Crippen LogP contribution in [0, 0.1) is 20.8 Å². The third-order valence-electron chi connectivity index (χ3n) is 2.66. The minimum atomic E-state index is 0.873. The zero-order valence-electron chi connectivity index (χ0n) is 9.29. The summed E-state index contributed by atoms with van der Waals surface area (Å²) in [4.78, 5) is 2.70. The maximum absolute atomic E-state index is 5.92. The molecule has 1 aromatic carbocycles. The molecule has 1 aromatic heterocycles. The molecule has 2 rings (SSSR count). The molecule has 0 radical (unpaired) electrons. The molecule has 2 aromatic rings. The summed E-state index contributed by atoms with van der Waals surface area (Å²) in [5.74, 6) is 0. The van der Waals surface area contributed by atoms with Gasteiger partial charge in [0, 0.05) is 15.4 Å². The predicted octanol–water partition coefficient (Wildman–Crippen LogP) is 3.92. The molecule has 1 nitrogen and oxygen atoms in total. The number of aryl methyl sites for hydroxylation is 2. The first kappa shape index (κ1) is 10.2. The van der Waals surface area contributed by atoms with Gasteiger partial charge in [0.05, 0.1) is 0 Å². The summed E-state index contributed by atoms with van der Waals surface area (Å²) >= 11 is 1.83. The van der Waals surface area contributed by atoms with E-state index in [0.29, 0.717) is 0 Å². The standard InChI is InChI=1S/C13H15NS/c1-8-7-9(2)15-13(8)11-5-4-6-12(14)10(11)3/h4-7H,14H2,1-3H3. The molecule has 0 amide bonds. The summed E-state index contributed by atoms with van der Waals surface area (Å²) in [5, 5.41) is 0. The molecule has 0 spiro atoms. The smallest absolute Gasteiger partial charge is 0.0378 e. The topological polar surface area (TPSA) is 26.0 Å². The van der Waals surface area contributed by atoms with E-state index < -0.39 is 0 Å². The van der Waals surface area contributed by atoms with Crippen LogP contribution >= 0.6 is 11.3 Å². The molecule has 0 aliphatic rings. The molecular formula is C13H15NS. The van der Waals surface area contributed by atoms with E-state index in [1.165, 1.54) is 26.4 Å². The van der Waals surface area contributed by atoms with Crippen LogP contribution in [-0.4, -0.2) is 0 Å². The van der Waals surface area contributed by atoms with Gasteiger partial charge in [-0.05, 0) is 49.6 Å². The van der Waals surface area contributed by atoms with Gasteiger partial charge in [-0.2, -0.15) is 0 Å². The van der Waals surface area contributed by atoms with Crippen molar-refractivity contribution in [2.45, 2.75) is 20.8 Å². The fourth-order valence-corrected chi connectivity index (χ4v) is 2.92. The molecule has 0 aliphatic carbocycles. The first-order valence-electron chi connectivity index (χ1n) is 5.02. The molecule has 0 fully saturated rings. The Bertz CT molecular complexity index is 497. The normalized spacial score (nSPS) is 10.6. The summed E-state index contributed by atoms with van der Waals surface area (Å²) in [7, 11) is 0. The fraction of sp³-hybridized carbons (Fsp3) is 0.231. The summed E-state index contributed by atoms with van der Waals surface area (Å²) in [6, 6.07) is 8.34. The third-order valence-corrected chi connectivity index (χ3v) is 3.85. The number of anilines is 1. The van der Waals surface area contributed by atoms with Gasteiger partial charge < -0.3 is 5.73 Å². The second-order valence-electron chi connectivity index (χ2n) is 3.89. The Kier molecular flexibility index (Phi) is 2.53. The third kappa shape index (κ3) is 1.77. The van der Waals surface area contributed by atoms with Gasteiger partial charge in [-0.1, -0.05) is 12.1 Å². The maximum atomic E-state index is 5.92. The highest BCUT2D eigenvalue weighted by Gasteiger charge is 2.09. The van der Waals surface area contributed by atoms with E-state index in [1.807, 2.05) is 23.5 Å². The van der Waals surface area contributed by atoms with Crippen LogP contribution in [0.5, 0.6) is 0 Å². The number of rotatable bonds is 1. The van der Waals surface area contributed by atoms with E-state index >= 15 is 0 Å². The van der Waals surface area contributed by atoms with Crippen LogP contribution in [0.4, 0.5) is 5.69 Å². The minimum Gasteiger partial charge on any atom is -0.398 e. The second kappa shape index (κ2) is 3.70. The largest absolute Gasteiger partial charge is 0.398 e. The van der Waals surface area contributed by atoms with Crippen LogP contribution in [0.1, 0.15) is 16.0 Å². The van der Waals surface area contributed by atoms with Gasteiger partial charge in [-0.25, -0.2) is 0 Å². The quantitative estimate of drug-likeness (QED) is 0.720. The molecule has 2 N–H and O–H groups in total. The van der Waals surface area contributed by atoms with Gasteiger partial charge in [-0.15, -0.1) is 11.3 Å². The molecule has 0 saturated heterocycles. The first-order valence-corrected chi connectivity index (χ1v) is 5.83. The molecule has 1 heterocycles. The minimum absolute atomic E-state index is 0.873. The summed E-state index contributed by atoms with van der Waals surface area (Å²) in [6.07, 6.45) is 0. The van der Waals surface area contributed by atoms with E-state index in [0.717, 1.165) is 5.69 Å². The zero-order chi connectivity index (χ0) is 11.0. The van der Waals surface area contributed by atoms with Crippen LogP contribution in [0.3, 0.4) is 0 Å². The Labute approximate surface area is 94.6 Å². The Morgan fingerprint density at radius 3 is 2.47 bits per heavy atom. The van der Waals surface area contributed by atoms with Gasteiger partial charge >= 0.3 is 0 Å². The SMILES string of the molecule is Cc1cc(C)c(-c2cccc(N)c2C)s1. The van der Waals surface area contributed by atoms with Crippen molar-refractivity contribution in [1.29, 1.82) is 0 Å².